The Labute approximate surface area is 114 Å². The Hall–Kier alpha value is -2.89. The molecule has 0 aliphatic rings. The molecule has 0 aliphatic heterocycles. The van der Waals surface area contributed by atoms with Crippen LogP contribution < -0.4 is 11.1 Å². The number of ether oxygens (including phenoxy) is 1. The maximum absolute atomic E-state index is 11.8. The zero-order valence-corrected chi connectivity index (χ0v) is 10.5. The molecule has 20 heavy (non-hydrogen) atoms. The molecular formula is C14H12N2O4. The highest BCUT2D eigenvalue weighted by atomic mass is 16.5. The number of rotatable bonds is 3. The highest BCUT2D eigenvalue weighted by Crippen LogP contribution is 2.16. The number of primary amides is 1. The third-order valence-electron chi connectivity index (χ3n) is 2.58. The molecule has 0 aromatic heterocycles. The predicted molar refractivity (Wildman–Crippen MR) is 72.0 cm³/mol. The number of nitrogens with one attached hydrogen (secondary N) is 1. The minimum absolute atomic E-state index is 0.329. The normalized spacial score (nSPS) is 10.0. The number of fused-ring (bicyclic) bond motifs is 1. The number of carbonyl (C=O) groups excluding carboxylic acids is 3. The summed E-state index contributed by atoms with van der Waals surface area (Å²) < 4.78 is 4.78. The van der Waals surface area contributed by atoms with E-state index in [2.05, 4.69) is 0 Å². The van der Waals surface area contributed by atoms with Crippen LogP contribution in [0.4, 0.5) is 4.79 Å². The number of benzene rings is 2. The van der Waals surface area contributed by atoms with Gasteiger partial charge >= 0.3 is 12.0 Å². The second-order valence-electron chi connectivity index (χ2n) is 4.05. The molecule has 0 bridgehead atoms. The molecule has 0 fully saturated rings. The van der Waals surface area contributed by atoms with Gasteiger partial charge in [0.1, 0.15) is 0 Å². The smallest absolute Gasteiger partial charge is 0.338 e. The van der Waals surface area contributed by atoms with Crippen molar-refractivity contribution in [1.82, 2.24) is 5.32 Å². The molecular weight excluding hydrogens is 260 g/mol. The van der Waals surface area contributed by atoms with E-state index in [1.165, 1.54) is 0 Å². The average Bonchev–Trinajstić information content (AvgIpc) is 2.43. The van der Waals surface area contributed by atoms with Crippen molar-refractivity contribution >= 4 is 28.7 Å². The second-order valence-corrected chi connectivity index (χ2v) is 4.05. The van der Waals surface area contributed by atoms with Gasteiger partial charge in [-0.3, -0.25) is 10.1 Å². The molecule has 0 aliphatic carbocycles. The van der Waals surface area contributed by atoms with Crippen LogP contribution >= 0.6 is 0 Å². The molecule has 2 aromatic carbocycles. The summed E-state index contributed by atoms with van der Waals surface area (Å²) >= 11 is 0. The number of imide groups is 1. The zero-order chi connectivity index (χ0) is 14.5. The van der Waals surface area contributed by atoms with Crippen molar-refractivity contribution in [2.45, 2.75) is 0 Å². The third kappa shape index (κ3) is 3.32. The number of amides is 3. The lowest BCUT2D eigenvalue weighted by Gasteiger charge is -2.05. The summed E-state index contributed by atoms with van der Waals surface area (Å²) in [6.07, 6.45) is 0. The van der Waals surface area contributed by atoms with Crippen LogP contribution in [0.15, 0.2) is 42.5 Å². The van der Waals surface area contributed by atoms with E-state index >= 15 is 0 Å². The first-order chi connectivity index (χ1) is 9.56. The van der Waals surface area contributed by atoms with Crippen LogP contribution in [0, 0.1) is 0 Å². The van der Waals surface area contributed by atoms with E-state index < -0.39 is 24.5 Å². The summed E-state index contributed by atoms with van der Waals surface area (Å²) in [7, 11) is 0. The highest BCUT2D eigenvalue weighted by molar-refractivity contribution is 5.98. The highest BCUT2D eigenvalue weighted by Gasteiger charge is 2.11. The summed E-state index contributed by atoms with van der Waals surface area (Å²) in [5.41, 5.74) is 5.09. The minimum atomic E-state index is -0.989. The number of hydrogen-bond donors (Lipinski definition) is 2. The van der Waals surface area contributed by atoms with Gasteiger partial charge in [-0.2, -0.15) is 0 Å². The minimum Gasteiger partial charge on any atom is -0.452 e. The molecule has 0 atom stereocenters. The molecule has 3 N–H and O–H groups in total. The van der Waals surface area contributed by atoms with Gasteiger partial charge in [0.15, 0.2) is 6.61 Å². The Balaban J connectivity index is 2.04. The molecule has 0 radical (unpaired) electrons. The molecule has 3 amide bonds. The molecule has 0 unspecified atom stereocenters. The predicted octanol–water partition coefficient (Wildman–Crippen LogP) is 1.19. The Kier molecular flexibility index (Phi) is 3.95. The second kappa shape index (κ2) is 5.83. The Morgan fingerprint density at radius 2 is 1.75 bits per heavy atom. The van der Waals surface area contributed by atoms with Crippen molar-refractivity contribution in [3.63, 3.8) is 0 Å². The zero-order valence-electron chi connectivity index (χ0n) is 10.5. The Bertz CT molecular complexity index is 682. The quantitative estimate of drug-likeness (QED) is 0.820. The topological polar surface area (TPSA) is 98.5 Å². The first-order valence-corrected chi connectivity index (χ1v) is 5.81. The van der Waals surface area contributed by atoms with Crippen LogP contribution in [0.2, 0.25) is 0 Å². The lowest BCUT2D eigenvalue weighted by atomic mass is 10.1. The lowest BCUT2D eigenvalue weighted by Crippen LogP contribution is -2.37. The summed E-state index contributed by atoms with van der Waals surface area (Å²) in [6, 6.07) is 11.6. The lowest BCUT2D eigenvalue weighted by molar-refractivity contribution is -0.123. The molecule has 0 saturated heterocycles. The van der Waals surface area contributed by atoms with Gasteiger partial charge < -0.3 is 10.5 Å². The van der Waals surface area contributed by atoms with E-state index in [0.717, 1.165) is 10.8 Å². The van der Waals surface area contributed by atoms with E-state index in [9.17, 15) is 14.4 Å². The van der Waals surface area contributed by atoms with Gasteiger partial charge in [0, 0.05) is 0 Å². The fraction of sp³-hybridized carbons (Fsp3) is 0.0714. The van der Waals surface area contributed by atoms with E-state index in [1.807, 2.05) is 24.3 Å². The van der Waals surface area contributed by atoms with E-state index in [1.54, 1.807) is 23.5 Å². The van der Waals surface area contributed by atoms with Crippen molar-refractivity contribution in [2.24, 2.45) is 5.73 Å². The summed E-state index contributed by atoms with van der Waals surface area (Å²) in [4.78, 5) is 33.3. The van der Waals surface area contributed by atoms with Crippen molar-refractivity contribution < 1.29 is 19.1 Å². The first-order valence-electron chi connectivity index (χ1n) is 5.81. The molecule has 102 valence electrons. The number of carbonyl (C=O) groups is 3. The Morgan fingerprint density at radius 3 is 2.45 bits per heavy atom. The van der Waals surface area contributed by atoms with E-state index in [4.69, 9.17) is 10.5 Å². The van der Waals surface area contributed by atoms with Crippen molar-refractivity contribution in [3.05, 3.63) is 48.0 Å². The standard InChI is InChI=1S/C14H12N2O4/c15-14(19)16-12(17)8-20-13(18)11-6-5-9-3-1-2-4-10(9)7-11/h1-7H,8H2,(H3,15,16,17,19). The number of esters is 1. The number of urea groups is 1. The molecule has 6 heteroatoms. The largest absolute Gasteiger partial charge is 0.452 e. The maximum Gasteiger partial charge on any atom is 0.338 e. The Morgan fingerprint density at radius 1 is 1.05 bits per heavy atom. The van der Waals surface area contributed by atoms with Gasteiger partial charge in [0.05, 0.1) is 5.56 Å². The van der Waals surface area contributed by atoms with Gasteiger partial charge in [0.2, 0.25) is 0 Å². The van der Waals surface area contributed by atoms with Gasteiger partial charge in [-0.1, -0.05) is 30.3 Å². The molecule has 2 aromatic rings. The van der Waals surface area contributed by atoms with Crippen LogP contribution in [-0.2, 0) is 9.53 Å². The van der Waals surface area contributed by atoms with E-state index in [-0.39, 0.29) is 0 Å². The van der Waals surface area contributed by atoms with E-state index in [0.29, 0.717) is 5.56 Å². The first kappa shape index (κ1) is 13.5. The molecule has 0 spiro atoms. The summed E-state index contributed by atoms with van der Waals surface area (Å²) in [5.74, 6) is -1.41. The molecule has 2 rings (SSSR count). The monoisotopic (exact) mass is 272 g/mol. The van der Waals surface area contributed by atoms with Crippen LogP contribution in [0.5, 0.6) is 0 Å². The third-order valence-corrected chi connectivity index (χ3v) is 2.58. The molecule has 6 nitrogen and oxygen atoms in total. The summed E-state index contributed by atoms with van der Waals surface area (Å²) in [5, 5.41) is 3.69. The SMILES string of the molecule is NC(=O)NC(=O)COC(=O)c1ccc2ccccc2c1. The maximum atomic E-state index is 11.8. The van der Waals surface area contributed by atoms with Gasteiger partial charge in [-0.25, -0.2) is 9.59 Å². The summed E-state index contributed by atoms with van der Waals surface area (Å²) in [6.45, 7) is -0.561. The molecule has 0 heterocycles. The van der Waals surface area contributed by atoms with Crippen LogP contribution in [0.3, 0.4) is 0 Å². The molecule has 0 saturated carbocycles. The van der Waals surface area contributed by atoms with Gasteiger partial charge in [-0.15, -0.1) is 0 Å². The van der Waals surface area contributed by atoms with Crippen LogP contribution in [0.1, 0.15) is 10.4 Å². The number of nitrogens with two attached hydrogens (primary N) is 1. The van der Waals surface area contributed by atoms with Crippen molar-refractivity contribution in [3.8, 4) is 0 Å². The van der Waals surface area contributed by atoms with Crippen molar-refractivity contribution in [1.29, 1.82) is 0 Å². The van der Waals surface area contributed by atoms with Gasteiger partial charge in [-0.05, 0) is 22.9 Å². The fourth-order valence-electron chi connectivity index (χ4n) is 1.70. The van der Waals surface area contributed by atoms with Crippen LogP contribution in [0.25, 0.3) is 10.8 Å². The fourth-order valence-corrected chi connectivity index (χ4v) is 1.70. The van der Waals surface area contributed by atoms with Crippen molar-refractivity contribution in [2.75, 3.05) is 6.61 Å². The van der Waals surface area contributed by atoms with Crippen LogP contribution in [-0.4, -0.2) is 24.5 Å². The average molecular weight is 272 g/mol. The number of hydrogen-bond acceptors (Lipinski definition) is 4. The van der Waals surface area contributed by atoms with Gasteiger partial charge in [0.25, 0.3) is 5.91 Å².